The SMILES string of the molecule is O=C1C=C(N2C(c3ccc([N+](=O)[O-])cc3)=Cc3ccc2cc3)C(=O)N1. The number of fused-ring (bicyclic) bond motifs is 3. The van der Waals surface area contributed by atoms with Gasteiger partial charge in [-0.25, -0.2) is 0 Å². The normalized spacial score (nSPS) is 15.6. The predicted molar refractivity (Wildman–Crippen MR) is 91.1 cm³/mol. The van der Waals surface area contributed by atoms with Gasteiger partial charge in [0.1, 0.15) is 5.70 Å². The first-order chi connectivity index (χ1) is 12.0. The Bertz CT molecular complexity index is 972. The van der Waals surface area contributed by atoms with Crippen LogP contribution in [0, 0.1) is 10.1 Å². The molecule has 0 aliphatic carbocycles. The highest BCUT2D eigenvalue weighted by atomic mass is 16.6. The lowest BCUT2D eigenvalue weighted by molar-refractivity contribution is -0.384. The average Bonchev–Trinajstić information content (AvgIpc) is 2.77. The van der Waals surface area contributed by atoms with E-state index in [1.807, 2.05) is 30.3 Å². The number of carbonyl (C=O) groups is 2. The minimum Gasteiger partial charge on any atom is -0.305 e. The monoisotopic (exact) mass is 333 g/mol. The maximum Gasteiger partial charge on any atom is 0.275 e. The Kier molecular flexibility index (Phi) is 3.21. The summed E-state index contributed by atoms with van der Waals surface area (Å²) in [5.41, 5.74) is 3.19. The molecule has 3 aliphatic heterocycles. The number of anilines is 1. The Balaban J connectivity index is 1.85. The summed E-state index contributed by atoms with van der Waals surface area (Å²) in [5.74, 6) is -0.953. The quantitative estimate of drug-likeness (QED) is 0.529. The van der Waals surface area contributed by atoms with Crippen molar-refractivity contribution in [1.29, 1.82) is 0 Å². The first-order valence-electron chi connectivity index (χ1n) is 7.47. The minimum absolute atomic E-state index is 0.0166. The van der Waals surface area contributed by atoms with Gasteiger partial charge in [0.05, 0.1) is 10.6 Å². The molecule has 0 aromatic heterocycles. The third-order valence-corrected chi connectivity index (χ3v) is 4.05. The Morgan fingerprint density at radius 3 is 2.12 bits per heavy atom. The molecule has 3 heterocycles. The number of benzene rings is 2. The lowest BCUT2D eigenvalue weighted by Gasteiger charge is -2.26. The molecule has 0 saturated heterocycles. The maximum absolute atomic E-state index is 12.2. The van der Waals surface area contributed by atoms with Gasteiger partial charge in [-0.05, 0) is 41.5 Å². The second kappa shape index (κ2) is 5.41. The number of imide groups is 1. The molecule has 0 fully saturated rings. The summed E-state index contributed by atoms with van der Waals surface area (Å²) in [6.45, 7) is 0. The molecule has 25 heavy (non-hydrogen) atoms. The van der Waals surface area contributed by atoms with Crippen molar-refractivity contribution in [3.8, 4) is 0 Å². The average molecular weight is 333 g/mol. The van der Waals surface area contributed by atoms with Crippen LogP contribution in [0.1, 0.15) is 11.1 Å². The standard InChI is InChI=1S/C18H11N3O4/c22-17-10-16(18(23)19-17)20-13-5-1-11(2-6-13)9-15(20)12-3-7-14(8-4-12)21(24)25/h1-10H,(H,19,22,23). The molecule has 7 nitrogen and oxygen atoms in total. The highest BCUT2D eigenvalue weighted by molar-refractivity contribution is 6.20. The van der Waals surface area contributed by atoms with Crippen molar-refractivity contribution in [3.63, 3.8) is 0 Å². The van der Waals surface area contributed by atoms with E-state index in [9.17, 15) is 19.7 Å². The van der Waals surface area contributed by atoms with E-state index in [2.05, 4.69) is 5.32 Å². The van der Waals surface area contributed by atoms with Crippen LogP contribution in [0.2, 0.25) is 0 Å². The highest BCUT2D eigenvalue weighted by Gasteiger charge is 2.31. The molecule has 2 amide bonds. The second-order valence-corrected chi connectivity index (χ2v) is 5.61. The third kappa shape index (κ3) is 2.47. The molecule has 2 aromatic rings. The van der Waals surface area contributed by atoms with Gasteiger partial charge in [0.15, 0.2) is 0 Å². The highest BCUT2D eigenvalue weighted by Crippen LogP contribution is 2.36. The molecular weight excluding hydrogens is 322 g/mol. The molecule has 2 aromatic carbocycles. The molecule has 0 saturated carbocycles. The van der Waals surface area contributed by atoms with E-state index in [1.165, 1.54) is 18.2 Å². The van der Waals surface area contributed by atoms with Crippen LogP contribution >= 0.6 is 0 Å². The largest absolute Gasteiger partial charge is 0.305 e. The van der Waals surface area contributed by atoms with Crippen molar-refractivity contribution in [2.24, 2.45) is 0 Å². The Labute approximate surface area is 142 Å². The van der Waals surface area contributed by atoms with Crippen LogP contribution in [0.5, 0.6) is 0 Å². The topological polar surface area (TPSA) is 92.6 Å². The van der Waals surface area contributed by atoms with Gasteiger partial charge in [0.25, 0.3) is 17.5 Å². The lowest BCUT2D eigenvalue weighted by atomic mass is 10.1. The van der Waals surface area contributed by atoms with E-state index in [-0.39, 0.29) is 11.4 Å². The molecule has 0 radical (unpaired) electrons. The summed E-state index contributed by atoms with van der Waals surface area (Å²) in [6.07, 6.45) is 3.12. The Hall–Kier alpha value is -3.74. The minimum atomic E-state index is -0.484. The summed E-state index contributed by atoms with van der Waals surface area (Å²) in [7, 11) is 0. The Morgan fingerprint density at radius 2 is 1.56 bits per heavy atom. The van der Waals surface area contributed by atoms with E-state index < -0.39 is 16.7 Å². The fraction of sp³-hybridized carbons (Fsp3) is 0. The molecule has 0 atom stereocenters. The van der Waals surface area contributed by atoms with Gasteiger partial charge in [-0.15, -0.1) is 0 Å². The van der Waals surface area contributed by atoms with Crippen LogP contribution in [-0.2, 0) is 9.59 Å². The number of rotatable bonds is 3. The first kappa shape index (κ1) is 14.8. The summed E-state index contributed by atoms with van der Waals surface area (Å²) in [5, 5.41) is 13.1. The first-order valence-corrected chi connectivity index (χ1v) is 7.47. The van der Waals surface area contributed by atoms with E-state index in [0.29, 0.717) is 11.3 Å². The van der Waals surface area contributed by atoms with Crippen LogP contribution < -0.4 is 10.2 Å². The van der Waals surface area contributed by atoms with Gasteiger partial charge in [-0.2, -0.15) is 0 Å². The summed E-state index contributed by atoms with van der Waals surface area (Å²) in [4.78, 5) is 35.8. The van der Waals surface area contributed by atoms with Crippen molar-refractivity contribution < 1.29 is 14.5 Å². The number of nitro benzene ring substituents is 1. The van der Waals surface area contributed by atoms with Gasteiger partial charge >= 0.3 is 0 Å². The fourth-order valence-electron chi connectivity index (χ4n) is 2.88. The van der Waals surface area contributed by atoms with Crippen LogP contribution in [0.25, 0.3) is 11.8 Å². The van der Waals surface area contributed by atoms with E-state index in [0.717, 1.165) is 11.3 Å². The summed E-state index contributed by atoms with van der Waals surface area (Å²) in [6, 6.07) is 13.6. The molecule has 2 bridgehead atoms. The summed E-state index contributed by atoms with van der Waals surface area (Å²) >= 11 is 0. The molecular formula is C18H11N3O4. The van der Waals surface area contributed by atoms with Gasteiger partial charge in [0.2, 0.25) is 0 Å². The summed E-state index contributed by atoms with van der Waals surface area (Å²) < 4.78 is 0. The number of nitro groups is 1. The number of hydrogen-bond acceptors (Lipinski definition) is 5. The van der Waals surface area contributed by atoms with E-state index in [1.54, 1.807) is 17.0 Å². The van der Waals surface area contributed by atoms with Crippen molar-refractivity contribution >= 4 is 35.0 Å². The van der Waals surface area contributed by atoms with Crippen LogP contribution in [-0.4, -0.2) is 16.7 Å². The van der Waals surface area contributed by atoms with Crippen LogP contribution in [0.15, 0.2) is 60.3 Å². The smallest absolute Gasteiger partial charge is 0.275 e. The zero-order valence-electron chi connectivity index (χ0n) is 12.8. The van der Waals surface area contributed by atoms with Crippen molar-refractivity contribution in [2.45, 2.75) is 0 Å². The third-order valence-electron chi connectivity index (χ3n) is 4.05. The number of carbonyl (C=O) groups excluding carboxylic acids is 2. The molecule has 122 valence electrons. The van der Waals surface area contributed by atoms with Crippen molar-refractivity contribution in [1.82, 2.24) is 5.32 Å². The zero-order valence-corrected chi connectivity index (χ0v) is 12.8. The van der Waals surface area contributed by atoms with Crippen LogP contribution in [0.3, 0.4) is 0 Å². The number of nitrogens with zero attached hydrogens (tertiary/aromatic N) is 2. The van der Waals surface area contributed by atoms with Gasteiger partial charge in [-0.1, -0.05) is 12.1 Å². The zero-order chi connectivity index (χ0) is 17.6. The maximum atomic E-state index is 12.2. The molecule has 0 unspecified atom stereocenters. The molecule has 0 spiro atoms. The predicted octanol–water partition coefficient (Wildman–Crippen LogP) is 2.45. The molecule has 7 heteroatoms. The second-order valence-electron chi connectivity index (χ2n) is 5.61. The fourth-order valence-corrected chi connectivity index (χ4v) is 2.88. The van der Waals surface area contributed by atoms with Crippen molar-refractivity contribution in [3.05, 3.63) is 81.5 Å². The number of nitrogens with one attached hydrogen (secondary N) is 1. The van der Waals surface area contributed by atoms with Crippen LogP contribution in [0.4, 0.5) is 11.4 Å². The van der Waals surface area contributed by atoms with Gasteiger partial charge in [-0.3, -0.25) is 25.0 Å². The molecule has 1 N–H and O–H groups in total. The number of amides is 2. The van der Waals surface area contributed by atoms with Crippen molar-refractivity contribution in [2.75, 3.05) is 4.90 Å². The van der Waals surface area contributed by atoms with E-state index in [4.69, 9.17) is 0 Å². The molecule has 5 rings (SSSR count). The van der Waals surface area contributed by atoms with E-state index >= 15 is 0 Å². The molecule has 3 aliphatic rings. The Morgan fingerprint density at radius 1 is 0.880 bits per heavy atom. The number of hydrogen-bond donors (Lipinski definition) is 1. The number of non-ortho nitro benzene ring substituents is 1. The lowest BCUT2D eigenvalue weighted by Crippen LogP contribution is -2.29. The van der Waals surface area contributed by atoms with Gasteiger partial charge < -0.3 is 4.90 Å². The van der Waals surface area contributed by atoms with Gasteiger partial charge in [0, 0.05) is 23.9 Å².